The molecule has 3 N–H and O–H groups in total. The van der Waals surface area contributed by atoms with Crippen LogP contribution in [0.15, 0.2) is 48.0 Å². The number of phenols is 1. The third-order valence-electron chi connectivity index (χ3n) is 8.48. The predicted molar refractivity (Wildman–Crippen MR) is 133 cm³/mol. The molecule has 11 heteroatoms. The number of halogens is 2. The average Bonchev–Trinajstić information content (AvgIpc) is 3.20. The first-order valence-electron chi connectivity index (χ1n) is 11.7. The van der Waals surface area contributed by atoms with Crippen molar-refractivity contribution in [1.29, 1.82) is 0 Å². The molecule has 2 aliphatic heterocycles. The Morgan fingerprint density at radius 2 is 1.73 bits per heavy atom. The second-order valence-electron chi connectivity index (χ2n) is 10.1. The minimum atomic E-state index is -2.01. The van der Waals surface area contributed by atoms with Gasteiger partial charge in [0.2, 0.25) is 11.8 Å². The Bertz CT molecular complexity index is 1510. The van der Waals surface area contributed by atoms with Gasteiger partial charge in [-0.1, -0.05) is 48.0 Å². The fourth-order valence-corrected chi connectivity index (χ4v) is 7.82. The number of hydrogen-bond donors (Lipinski definition) is 2. The summed E-state index contributed by atoms with van der Waals surface area (Å²) in [7, 11) is 1.29. The van der Waals surface area contributed by atoms with Crippen LogP contribution in [0.5, 0.6) is 5.75 Å². The van der Waals surface area contributed by atoms with Gasteiger partial charge in [0.05, 0.1) is 11.8 Å². The van der Waals surface area contributed by atoms with Gasteiger partial charge < -0.3 is 10.8 Å². The van der Waals surface area contributed by atoms with Crippen molar-refractivity contribution < 1.29 is 29.1 Å². The molecule has 9 nitrogen and oxygen atoms in total. The summed E-state index contributed by atoms with van der Waals surface area (Å²) in [4.78, 5) is 62.4. The van der Waals surface area contributed by atoms with Crippen LogP contribution < -0.4 is 5.73 Å². The molecule has 6 atom stereocenters. The predicted octanol–water partition coefficient (Wildman–Crippen LogP) is 2.61. The van der Waals surface area contributed by atoms with Crippen molar-refractivity contribution in [2.45, 2.75) is 28.5 Å². The average molecular weight is 542 g/mol. The van der Waals surface area contributed by atoms with E-state index in [4.69, 9.17) is 28.9 Å². The van der Waals surface area contributed by atoms with E-state index in [2.05, 4.69) is 0 Å². The summed E-state index contributed by atoms with van der Waals surface area (Å²) in [5.41, 5.74) is 6.11. The largest absolute Gasteiger partial charge is 0.507 e. The number of fused-ring (bicyclic) bond motifs is 5. The highest BCUT2D eigenvalue weighted by atomic mass is 35.5. The van der Waals surface area contributed by atoms with Gasteiger partial charge in [-0.05, 0) is 24.1 Å². The van der Waals surface area contributed by atoms with Gasteiger partial charge in [0.25, 0.3) is 11.8 Å². The van der Waals surface area contributed by atoms with Crippen LogP contribution in [0.2, 0.25) is 0 Å². The Morgan fingerprint density at radius 3 is 2.43 bits per heavy atom. The highest BCUT2D eigenvalue weighted by Gasteiger charge is 2.76. The molecule has 3 fully saturated rings. The van der Waals surface area contributed by atoms with Crippen LogP contribution in [-0.2, 0) is 19.2 Å². The number of imide groups is 4. The lowest BCUT2D eigenvalue weighted by atomic mass is 9.56. The smallest absolute Gasteiger partial charge is 0.328 e. The second-order valence-corrected chi connectivity index (χ2v) is 11.3. The van der Waals surface area contributed by atoms with Gasteiger partial charge in [-0.15, -0.1) is 23.2 Å². The summed E-state index contributed by atoms with van der Waals surface area (Å²) < 4.78 is 0. The summed E-state index contributed by atoms with van der Waals surface area (Å²) >= 11 is 14.2. The quantitative estimate of drug-likeness (QED) is 0.323. The molecule has 1 saturated carbocycles. The monoisotopic (exact) mass is 541 g/mol. The molecule has 4 aliphatic rings. The Labute approximate surface area is 220 Å². The third-order valence-corrected chi connectivity index (χ3v) is 9.89. The van der Waals surface area contributed by atoms with Gasteiger partial charge in [-0.2, -0.15) is 4.90 Å². The zero-order valence-electron chi connectivity index (χ0n) is 19.5. The molecule has 190 valence electrons. The first-order chi connectivity index (χ1) is 17.4. The summed E-state index contributed by atoms with van der Waals surface area (Å²) in [5, 5.41) is 12.6. The molecule has 0 bridgehead atoms. The van der Waals surface area contributed by atoms with Gasteiger partial charge in [-0.3, -0.25) is 24.1 Å². The van der Waals surface area contributed by atoms with Gasteiger partial charge in [0.15, 0.2) is 9.75 Å². The fourth-order valence-electron chi connectivity index (χ4n) is 6.81. The van der Waals surface area contributed by atoms with E-state index in [1.807, 2.05) is 12.1 Å². The molecule has 0 spiro atoms. The molecule has 0 radical (unpaired) electrons. The molecule has 2 saturated heterocycles. The van der Waals surface area contributed by atoms with Gasteiger partial charge in [0.1, 0.15) is 5.75 Å². The summed E-state index contributed by atoms with van der Waals surface area (Å²) in [5.74, 6) is -6.85. The highest BCUT2D eigenvalue weighted by Crippen LogP contribution is 2.66. The van der Waals surface area contributed by atoms with E-state index in [1.165, 1.54) is 7.05 Å². The molecule has 37 heavy (non-hydrogen) atoms. The second kappa shape index (κ2) is 7.55. The Balaban J connectivity index is 1.61. The van der Waals surface area contributed by atoms with Crippen molar-refractivity contribution >= 4 is 63.6 Å². The number of alkyl halides is 2. The Hall–Kier alpha value is -3.43. The molecule has 6 amide bonds. The lowest BCUT2D eigenvalue weighted by Gasteiger charge is -2.50. The Morgan fingerprint density at radius 1 is 1.03 bits per heavy atom. The van der Waals surface area contributed by atoms with Crippen LogP contribution in [0.1, 0.15) is 24.3 Å². The first-order valence-corrected chi connectivity index (χ1v) is 12.5. The molecular formula is C26H21Cl2N3O6. The van der Waals surface area contributed by atoms with Crippen LogP contribution >= 0.6 is 23.2 Å². The van der Waals surface area contributed by atoms with Crippen LogP contribution in [0, 0.1) is 17.8 Å². The maximum atomic E-state index is 13.6. The van der Waals surface area contributed by atoms with Crippen molar-refractivity contribution in [3.05, 3.63) is 53.6 Å². The van der Waals surface area contributed by atoms with E-state index in [9.17, 15) is 29.1 Å². The van der Waals surface area contributed by atoms with E-state index >= 15 is 0 Å². The number of hydrogen-bond acceptors (Lipinski definition) is 6. The molecule has 0 aromatic heterocycles. The number of phenolic OH excluding ortho intramolecular Hbond substituents is 1. The molecule has 6 rings (SSSR count). The minimum absolute atomic E-state index is 0.0932. The van der Waals surface area contributed by atoms with Crippen LogP contribution in [0.3, 0.4) is 0 Å². The number of benzene rings is 2. The number of amides is 6. The number of carbonyl (C=O) groups excluding carboxylic acids is 5. The summed E-state index contributed by atoms with van der Waals surface area (Å²) in [6.45, 7) is 0. The maximum Gasteiger partial charge on any atom is 0.328 e. The lowest BCUT2D eigenvalue weighted by molar-refractivity contribution is -0.139. The van der Waals surface area contributed by atoms with E-state index in [0.29, 0.717) is 15.9 Å². The lowest BCUT2D eigenvalue weighted by Crippen LogP contribution is -2.60. The number of carbonyl (C=O) groups is 5. The highest BCUT2D eigenvalue weighted by molar-refractivity contribution is 6.53. The molecule has 2 aromatic rings. The Kier molecular flexibility index (Phi) is 4.88. The zero-order chi connectivity index (χ0) is 26.6. The molecule has 6 unspecified atom stereocenters. The van der Waals surface area contributed by atoms with Gasteiger partial charge >= 0.3 is 6.03 Å². The van der Waals surface area contributed by atoms with Crippen LogP contribution in [-0.4, -0.2) is 61.4 Å². The number of allylic oxidation sites excluding steroid dienone is 2. The van der Waals surface area contributed by atoms with Gasteiger partial charge in [-0.25, -0.2) is 4.79 Å². The number of nitrogens with two attached hydrogens (primary N) is 1. The normalized spacial score (nSPS) is 34.9. The van der Waals surface area contributed by atoms with E-state index in [1.54, 1.807) is 30.3 Å². The minimum Gasteiger partial charge on any atom is -0.507 e. The topological polar surface area (TPSA) is 138 Å². The standard InChI is InChI=1S/C26H21Cl2N3O6/c1-30-22(35)25(27)10-16-13(8-9-14-17(16)21(34)31(20(14)33)24(29)37)18(26(25,28)23(30)36)15-7-6-11-4-2-3-5-12(11)19(15)32/h2-8,14,16-18,32H,9-10H2,1H3,(H2,29,37). The number of urea groups is 1. The zero-order valence-corrected chi connectivity index (χ0v) is 21.0. The van der Waals surface area contributed by atoms with E-state index in [0.717, 1.165) is 10.3 Å². The van der Waals surface area contributed by atoms with Crippen molar-refractivity contribution in [2.75, 3.05) is 7.05 Å². The third kappa shape index (κ3) is 2.73. The number of aromatic hydroxyl groups is 1. The van der Waals surface area contributed by atoms with Crippen molar-refractivity contribution in [1.82, 2.24) is 9.80 Å². The molecule has 2 aromatic carbocycles. The van der Waals surface area contributed by atoms with Crippen molar-refractivity contribution in [2.24, 2.45) is 23.5 Å². The van der Waals surface area contributed by atoms with Gasteiger partial charge in [0, 0.05) is 23.9 Å². The van der Waals surface area contributed by atoms with Crippen LogP contribution in [0.4, 0.5) is 4.79 Å². The number of rotatable bonds is 1. The van der Waals surface area contributed by atoms with Crippen molar-refractivity contribution in [3.63, 3.8) is 0 Å². The molecule has 2 aliphatic carbocycles. The molecule has 2 heterocycles. The maximum absolute atomic E-state index is 13.6. The van der Waals surface area contributed by atoms with Crippen LogP contribution in [0.25, 0.3) is 10.8 Å². The van der Waals surface area contributed by atoms with E-state index in [-0.39, 0.29) is 24.2 Å². The summed E-state index contributed by atoms with van der Waals surface area (Å²) in [6.07, 6.45) is 1.60. The summed E-state index contributed by atoms with van der Waals surface area (Å²) in [6, 6.07) is 9.32. The molecular weight excluding hydrogens is 521 g/mol. The first kappa shape index (κ1) is 23.9. The SMILES string of the molecule is CN1C(=O)C2(Cl)CC3C(=CCC4C(=O)N(C(N)=O)C(=O)C43)C(c3ccc4ccccc4c3O)C2(Cl)C1=O. The van der Waals surface area contributed by atoms with E-state index < -0.39 is 63.1 Å². The van der Waals surface area contributed by atoms with Crippen molar-refractivity contribution in [3.8, 4) is 5.75 Å². The number of nitrogens with zero attached hydrogens (tertiary/aromatic N) is 2. The number of likely N-dealkylation sites (tertiary alicyclic amines) is 2. The number of primary amides is 1. The fraction of sp³-hybridized carbons (Fsp3) is 0.346.